The van der Waals surface area contributed by atoms with Crippen LogP contribution in [-0.4, -0.2) is 29.8 Å². The van der Waals surface area contributed by atoms with Gasteiger partial charge in [0.25, 0.3) is 0 Å². The Hall–Kier alpha value is -1.84. The molecule has 104 valence electrons. The van der Waals surface area contributed by atoms with Gasteiger partial charge in [0.1, 0.15) is 0 Å². The van der Waals surface area contributed by atoms with Crippen LogP contribution in [0.15, 0.2) is 24.3 Å². The number of carbonyl (C=O) groups excluding carboxylic acids is 2. The van der Waals surface area contributed by atoms with E-state index in [1.54, 1.807) is 36.2 Å². The highest BCUT2D eigenvalue weighted by atomic mass is 16.2. The van der Waals surface area contributed by atoms with E-state index in [0.29, 0.717) is 17.2 Å². The van der Waals surface area contributed by atoms with Gasteiger partial charge in [0.15, 0.2) is 5.78 Å². The fourth-order valence-corrected chi connectivity index (χ4v) is 1.66. The number of rotatable bonds is 4. The van der Waals surface area contributed by atoms with Crippen molar-refractivity contribution in [2.75, 3.05) is 12.4 Å². The molecule has 0 heterocycles. The number of urea groups is 1. The lowest BCUT2D eigenvalue weighted by atomic mass is 10.1. The molecule has 1 N–H and O–H groups in total. The maximum atomic E-state index is 12.1. The third kappa shape index (κ3) is 4.09. The summed E-state index contributed by atoms with van der Waals surface area (Å²) in [5, 5.41) is 2.81. The maximum Gasteiger partial charge on any atom is 0.321 e. The fourth-order valence-electron chi connectivity index (χ4n) is 1.66. The molecule has 0 bridgehead atoms. The Morgan fingerprint density at radius 1 is 1.21 bits per heavy atom. The Labute approximate surface area is 114 Å². The van der Waals surface area contributed by atoms with Gasteiger partial charge in [0.2, 0.25) is 0 Å². The zero-order chi connectivity index (χ0) is 14.6. The Kier molecular flexibility index (Phi) is 5.10. The molecule has 1 atom stereocenters. The molecule has 4 heteroatoms. The minimum atomic E-state index is -0.165. The van der Waals surface area contributed by atoms with Crippen molar-refractivity contribution in [2.45, 2.75) is 33.7 Å². The number of amides is 2. The first kappa shape index (κ1) is 15.2. The summed E-state index contributed by atoms with van der Waals surface area (Å²) in [7, 11) is 1.77. The molecule has 2 amide bonds. The highest BCUT2D eigenvalue weighted by Crippen LogP contribution is 2.14. The molecule has 0 radical (unpaired) electrons. The zero-order valence-corrected chi connectivity index (χ0v) is 12.2. The van der Waals surface area contributed by atoms with Gasteiger partial charge in [-0.05, 0) is 31.9 Å². The third-order valence-corrected chi connectivity index (χ3v) is 3.42. The second-order valence-electron chi connectivity index (χ2n) is 5.16. The second-order valence-corrected chi connectivity index (χ2v) is 5.16. The normalized spacial score (nSPS) is 12.1. The van der Waals surface area contributed by atoms with Crippen LogP contribution in [0.1, 0.15) is 38.1 Å². The number of hydrogen-bond acceptors (Lipinski definition) is 2. The van der Waals surface area contributed by atoms with Gasteiger partial charge in [-0.3, -0.25) is 4.79 Å². The summed E-state index contributed by atoms with van der Waals surface area (Å²) in [5.41, 5.74) is 1.23. The zero-order valence-electron chi connectivity index (χ0n) is 12.2. The van der Waals surface area contributed by atoms with Crippen LogP contribution < -0.4 is 5.32 Å². The van der Waals surface area contributed by atoms with Crippen LogP contribution >= 0.6 is 0 Å². The molecule has 0 spiro atoms. The molecule has 0 aliphatic rings. The first-order valence-corrected chi connectivity index (χ1v) is 6.47. The van der Waals surface area contributed by atoms with Crippen molar-refractivity contribution in [1.29, 1.82) is 0 Å². The van der Waals surface area contributed by atoms with Crippen molar-refractivity contribution in [3.8, 4) is 0 Å². The number of benzene rings is 1. The van der Waals surface area contributed by atoms with E-state index in [2.05, 4.69) is 19.2 Å². The SMILES string of the molecule is CC(=O)c1cccc(NC(=O)N(C)C(C)C(C)C)c1. The molecular weight excluding hydrogens is 240 g/mol. The van der Waals surface area contributed by atoms with Gasteiger partial charge in [-0.2, -0.15) is 0 Å². The lowest BCUT2D eigenvalue weighted by molar-refractivity contribution is 0.101. The Morgan fingerprint density at radius 3 is 2.37 bits per heavy atom. The summed E-state index contributed by atoms with van der Waals surface area (Å²) in [6.07, 6.45) is 0. The molecule has 4 nitrogen and oxygen atoms in total. The van der Waals surface area contributed by atoms with Crippen LogP contribution in [0.3, 0.4) is 0 Å². The average molecular weight is 262 g/mol. The molecule has 0 saturated heterocycles. The van der Waals surface area contributed by atoms with E-state index in [1.165, 1.54) is 6.92 Å². The highest BCUT2D eigenvalue weighted by Gasteiger charge is 2.18. The standard InChI is InChI=1S/C15H22N2O2/c1-10(2)11(3)17(5)15(19)16-14-8-6-7-13(9-14)12(4)18/h6-11H,1-5H3,(H,16,19). The van der Waals surface area contributed by atoms with Gasteiger partial charge in [-0.15, -0.1) is 0 Å². The number of nitrogens with one attached hydrogen (secondary N) is 1. The minimum Gasteiger partial charge on any atom is -0.325 e. The summed E-state index contributed by atoms with van der Waals surface area (Å²) in [4.78, 5) is 25.0. The van der Waals surface area contributed by atoms with E-state index in [0.717, 1.165) is 0 Å². The maximum absolute atomic E-state index is 12.1. The molecule has 0 fully saturated rings. The summed E-state index contributed by atoms with van der Waals surface area (Å²) >= 11 is 0. The highest BCUT2D eigenvalue weighted by molar-refractivity contribution is 5.96. The minimum absolute atomic E-state index is 0.0139. The molecule has 0 aliphatic carbocycles. The second kappa shape index (κ2) is 6.36. The van der Waals surface area contributed by atoms with E-state index in [1.807, 2.05) is 6.92 Å². The molecule has 0 saturated carbocycles. The summed E-state index contributed by atoms with van der Waals surface area (Å²) in [5.74, 6) is 0.374. The van der Waals surface area contributed by atoms with E-state index >= 15 is 0 Å². The molecule has 1 rings (SSSR count). The molecule has 0 aromatic heterocycles. The van der Waals surface area contributed by atoms with Crippen molar-refractivity contribution in [2.24, 2.45) is 5.92 Å². The van der Waals surface area contributed by atoms with Crippen molar-refractivity contribution in [3.05, 3.63) is 29.8 Å². The monoisotopic (exact) mass is 262 g/mol. The number of ketones is 1. The number of anilines is 1. The molecule has 1 aromatic carbocycles. The Morgan fingerprint density at radius 2 is 1.84 bits per heavy atom. The van der Waals surface area contributed by atoms with Crippen LogP contribution in [0.5, 0.6) is 0 Å². The van der Waals surface area contributed by atoms with E-state index in [9.17, 15) is 9.59 Å². The molecule has 1 aromatic rings. The lowest BCUT2D eigenvalue weighted by Gasteiger charge is -2.28. The number of carbonyl (C=O) groups is 2. The van der Waals surface area contributed by atoms with Crippen molar-refractivity contribution < 1.29 is 9.59 Å². The first-order chi connectivity index (χ1) is 8.82. The quantitative estimate of drug-likeness (QED) is 0.845. The van der Waals surface area contributed by atoms with Crippen LogP contribution in [0, 0.1) is 5.92 Å². The van der Waals surface area contributed by atoms with Gasteiger partial charge < -0.3 is 10.2 Å². The molecule has 19 heavy (non-hydrogen) atoms. The van der Waals surface area contributed by atoms with Gasteiger partial charge in [-0.25, -0.2) is 4.79 Å². The smallest absolute Gasteiger partial charge is 0.321 e. The van der Waals surface area contributed by atoms with Crippen LogP contribution in [0.2, 0.25) is 0 Å². The average Bonchev–Trinajstić information content (AvgIpc) is 2.37. The predicted octanol–water partition coefficient (Wildman–Crippen LogP) is 3.40. The molecule has 0 aliphatic heterocycles. The summed E-state index contributed by atoms with van der Waals surface area (Å²) < 4.78 is 0. The number of Topliss-reactive ketones (excluding diaryl/α,β-unsaturated/α-hetero) is 1. The topological polar surface area (TPSA) is 49.4 Å². The fraction of sp³-hybridized carbons (Fsp3) is 0.467. The predicted molar refractivity (Wildman–Crippen MR) is 77.5 cm³/mol. The third-order valence-electron chi connectivity index (χ3n) is 3.42. The van der Waals surface area contributed by atoms with Crippen LogP contribution in [-0.2, 0) is 0 Å². The molecular formula is C15H22N2O2. The first-order valence-electron chi connectivity index (χ1n) is 6.47. The summed E-state index contributed by atoms with van der Waals surface area (Å²) in [6, 6.07) is 6.95. The summed E-state index contributed by atoms with van der Waals surface area (Å²) in [6.45, 7) is 7.67. The number of hydrogen-bond donors (Lipinski definition) is 1. The van der Waals surface area contributed by atoms with Gasteiger partial charge in [0.05, 0.1) is 0 Å². The van der Waals surface area contributed by atoms with Gasteiger partial charge >= 0.3 is 6.03 Å². The Balaban J connectivity index is 2.77. The molecule has 1 unspecified atom stereocenters. The van der Waals surface area contributed by atoms with Crippen molar-refractivity contribution in [3.63, 3.8) is 0 Å². The van der Waals surface area contributed by atoms with Crippen molar-refractivity contribution >= 4 is 17.5 Å². The van der Waals surface area contributed by atoms with Gasteiger partial charge in [0, 0.05) is 24.3 Å². The lowest BCUT2D eigenvalue weighted by Crippen LogP contribution is -2.40. The van der Waals surface area contributed by atoms with E-state index in [-0.39, 0.29) is 17.9 Å². The largest absolute Gasteiger partial charge is 0.325 e. The van der Waals surface area contributed by atoms with Crippen LogP contribution in [0.4, 0.5) is 10.5 Å². The Bertz CT molecular complexity index is 469. The van der Waals surface area contributed by atoms with E-state index < -0.39 is 0 Å². The van der Waals surface area contributed by atoms with Crippen molar-refractivity contribution in [1.82, 2.24) is 4.90 Å². The van der Waals surface area contributed by atoms with E-state index in [4.69, 9.17) is 0 Å². The van der Waals surface area contributed by atoms with Crippen LogP contribution in [0.25, 0.3) is 0 Å². The number of nitrogens with zero attached hydrogens (tertiary/aromatic N) is 1. The van der Waals surface area contributed by atoms with Gasteiger partial charge in [-0.1, -0.05) is 26.0 Å².